The zero-order valence-electron chi connectivity index (χ0n) is 15.1. The number of halogens is 1. The molecule has 5 rings (SSSR count). The largest absolute Gasteiger partial charge is 0.356 e. The molecule has 0 bridgehead atoms. The summed E-state index contributed by atoms with van der Waals surface area (Å²) in [5.74, 6) is -0.0540. The van der Waals surface area contributed by atoms with Crippen molar-refractivity contribution in [3.05, 3.63) is 80.9 Å². The SMILES string of the molecule is Cc1nnsc1C(=O)N1CCc2c([nH]c3ccccc23)C1c1ccccc1Cl. The molecule has 3 heterocycles. The Morgan fingerprint density at radius 3 is 2.79 bits per heavy atom. The number of benzene rings is 2. The monoisotopic (exact) mass is 408 g/mol. The summed E-state index contributed by atoms with van der Waals surface area (Å²) >= 11 is 7.72. The fourth-order valence-corrected chi connectivity index (χ4v) is 4.89. The Kier molecular flexibility index (Phi) is 4.18. The van der Waals surface area contributed by atoms with Crippen LogP contribution in [0.2, 0.25) is 5.02 Å². The zero-order valence-corrected chi connectivity index (χ0v) is 16.7. The molecule has 0 saturated carbocycles. The summed E-state index contributed by atoms with van der Waals surface area (Å²) < 4.78 is 3.94. The third-order valence-electron chi connectivity index (χ3n) is 5.34. The van der Waals surface area contributed by atoms with Gasteiger partial charge in [-0.3, -0.25) is 4.79 Å². The Labute approximate surface area is 171 Å². The highest BCUT2D eigenvalue weighted by Crippen LogP contribution is 2.41. The summed E-state index contributed by atoms with van der Waals surface area (Å²) in [5.41, 5.74) is 4.94. The van der Waals surface area contributed by atoms with Crippen LogP contribution in [0.5, 0.6) is 0 Å². The molecule has 1 amide bonds. The lowest BCUT2D eigenvalue weighted by atomic mass is 9.92. The summed E-state index contributed by atoms with van der Waals surface area (Å²) in [6.07, 6.45) is 0.789. The van der Waals surface area contributed by atoms with E-state index in [1.807, 2.05) is 48.2 Å². The maximum absolute atomic E-state index is 13.4. The molecular formula is C21H17ClN4OS. The summed E-state index contributed by atoms with van der Waals surface area (Å²) in [6, 6.07) is 15.7. The smallest absolute Gasteiger partial charge is 0.268 e. The van der Waals surface area contributed by atoms with Crippen molar-refractivity contribution in [2.45, 2.75) is 19.4 Å². The van der Waals surface area contributed by atoms with Gasteiger partial charge in [-0.05, 0) is 48.1 Å². The van der Waals surface area contributed by atoms with E-state index in [1.165, 1.54) is 10.9 Å². The topological polar surface area (TPSA) is 61.9 Å². The normalized spacial score (nSPS) is 16.4. The summed E-state index contributed by atoms with van der Waals surface area (Å²) in [6.45, 7) is 2.43. The van der Waals surface area contributed by atoms with Crippen LogP contribution in [-0.4, -0.2) is 31.9 Å². The summed E-state index contributed by atoms with van der Waals surface area (Å²) in [7, 11) is 0. The van der Waals surface area contributed by atoms with Crippen molar-refractivity contribution in [2.75, 3.05) is 6.54 Å². The van der Waals surface area contributed by atoms with E-state index in [0.29, 0.717) is 22.1 Å². The molecular weight excluding hydrogens is 392 g/mol. The number of aryl methyl sites for hydroxylation is 1. The number of aromatic nitrogens is 3. The van der Waals surface area contributed by atoms with E-state index in [4.69, 9.17) is 11.6 Å². The minimum Gasteiger partial charge on any atom is -0.356 e. The minimum atomic E-state index is -0.279. The van der Waals surface area contributed by atoms with Crippen LogP contribution in [0.15, 0.2) is 48.5 Å². The molecule has 0 aliphatic carbocycles. The zero-order chi connectivity index (χ0) is 19.3. The molecule has 28 heavy (non-hydrogen) atoms. The van der Waals surface area contributed by atoms with Gasteiger partial charge in [0, 0.05) is 28.2 Å². The molecule has 1 unspecified atom stereocenters. The van der Waals surface area contributed by atoms with E-state index in [-0.39, 0.29) is 11.9 Å². The fourth-order valence-electron chi connectivity index (χ4n) is 4.04. The van der Waals surface area contributed by atoms with Crippen LogP contribution in [0.1, 0.15) is 38.2 Å². The first-order chi connectivity index (χ1) is 13.6. The highest BCUT2D eigenvalue weighted by Gasteiger charge is 2.37. The molecule has 1 aliphatic heterocycles. The van der Waals surface area contributed by atoms with Crippen LogP contribution in [0, 0.1) is 6.92 Å². The number of aromatic amines is 1. The molecule has 0 radical (unpaired) electrons. The average molecular weight is 409 g/mol. The van der Waals surface area contributed by atoms with E-state index in [9.17, 15) is 4.79 Å². The molecule has 1 atom stereocenters. The van der Waals surface area contributed by atoms with Gasteiger partial charge < -0.3 is 9.88 Å². The van der Waals surface area contributed by atoms with Crippen molar-refractivity contribution < 1.29 is 4.79 Å². The molecule has 1 aliphatic rings. The molecule has 0 saturated heterocycles. The Balaban J connectivity index is 1.71. The number of carbonyl (C=O) groups excluding carboxylic acids is 1. The highest BCUT2D eigenvalue weighted by atomic mass is 35.5. The van der Waals surface area contributed by atoms with Gasteiger partial charge in [0.2, 0.25) is 0 Å². The Bertz CT molecular complexity index is 1200. The van der Waals surface area contributed by atoms with Gasteiger partial charge in [-0.25, -0.2) is 0 Å². The van der Waals surface area contributed by atoms with Crippen molar-refractivity contribution in [3.8, 4) is 0 Å². The standard InChI is InChI=1S/C21H17ClN4OS/c1-12-20(28-25-24-12)21(27)26-11-10-14-13-6-3-5-9-17(13)23-18(14)19(26)15-7-2-4-8-16(15)22/h2-9,19,23H,10-11H2,1H3. The van der Waals surface area contributed by atoms with Gasteiger partial charge in [0.25, 0.3) is 5.91 Å². The maximum Gasteiger partial charge on any atom is 0.268 e. The number of fused-ring (bicyclic) bond motifs is 3. The lowest BCUT2D eigenvalue weighted by Crippen LogP contribution is -2.40. The summed E-state index contributed by atoms with van der Waals surface area (Å²) in [4.78, 5) is 19.4. The number of nitrogens with zero attached hydrogens (tertiary/aromatic N) is 3. The van der Waals surface area contributed by atoms with Gasteiger partial charge in [-0.15, -0.1) is 5.10 Å². The molecule has 7 heteroatoms. The second-order valence-corrected chi connectivity index (χ2v) is 8.08. The molecule has 140 valence electrons. The van der Waals surface area contributed by atoms with Crippen molar-refractivity contribution in [1.82, 2.24) is 19.5 Å². The third-order valence-corrected chi connectivity index (χ3v) is 6.50. The van der Waals surface area contributed by atoms with E-state index in [2.05, 4.69) is 26.7 Å². The van der Waals surface area contributed by atoms with E-state index >= 15 is 0 Å². The maximum atomic E-state index is 13.4. The molecule has 0 spiro atoms. The van der Waals surface area contributed by atoms with Gasteiger partial charge >= 0.3 is 0 Å². The number of hydrogen-bond donors (Lipinski definition) is 1. The molecule has 0 fully saturated rings. The first kappa shape index (κ1) is 17.4. The predicted molar refractivity (Wildman–Crippen MR) is 111 cm³/mol. The number of para-hydroxylation sites is 1. The molecule has 2 aromatic carbocycles. The number of carbonyl (C=O) groups is 1. The van der Waals surface area contributed by atoms with Crippen molar-refractivity contribution >= 4 is 39.9 Å². The molecule has 5 nitrogen and oxygen atoms in total. The van der Waals surface area contributed by atoms with Gasteiger partial charge in [-0.1, -0.05) is 52.5 Å². The first-order valence-corrected chi connectivity index (χ1v) is 10.2. The third kappa shape index (κ3) is 2.64. The van der Waals surface area contributed by atoms with Crippen molar-refractivity contribution in [3.63, 3.8) is 0 Å². The predicted octanol–water partition coefficient (Wildman–Crippen LogP) is 4.77. The van der Waals surface area contributed by atoms with Gasteiger partial charge in [0.05, 0.1) is 11.7 Å². The van der Waals surface area contributed by atoms with Crippen molar-refractivity contribution in [2.24, 2.45) is 0 Å². The number of rotatable bonds is 2. The van der Waals surface area contributed by atoms with Crippen LogP contribution in [-0.2, 0) is 6.42 Å². The lowest BCUT2D eigenvalue weighted by molar-refractivity contribution is 0.0696. The minimum absolute atomic E-state index is 0.0540. The molecule has 1 N–H and O–H groups in total. The Morgan fingerprint density at radius 1 is 1.21 bits per heavy atom. The van der Waals surface area contributed by atoms with E-state index in [1.54, 1.807) is 0 Å². The first-order valence-electron chi connectivity index (χ1n) is 9.09. The summed E-state index contributed by atoms with van der Waals surface area (Å²) in [5, 5.41) is 5.87. The quantitative estimate of drug-likeness (QED) is 0.519. The average Bonchev–Trinajstić information content (AvgIpc) is 3.30. The number of amides is 1. The van der Waals surface area contributed by atoms with Gasteiger partial charge in [-0.2, -0.15) is 0 Å². The second-order valence-electron chi connectivity index (χ2n) is 6.92. The Hall–Kier alpha value is -2.70. The lowest BCUT2D eigenvalue weighted by Gasteiger charge is -2.36. The van der Waals surface area contributed by atoms with Crippen LogP contribution in [0.3, 0.4) is 0 Å². The number of hydrogen-bond acceptors (Lipinski definition) is 4. The van der Waals surface area contributed by atoms with E-state index < -0.39 is 0 Å². The second kappa shape index (κ2) is 6.72. The molecule has 4 aromatic rings. The fraction of sp³-hybridized carbons (Fsp3) is 0.190. The van der Waals surface area contributed by atoms with Crippen LogP contribution >= 0.6 is 23.1 Å². The molecule has 2 aromatic heterocycles. The van der Waals surface area contributed by atoms with Crippen LogP contribution < -0.4 is 0 Å². The van der Waals surface area contributed by atoms with Crippen LogP contribution in [0.4, 0.5) is 0 Å². The van der Waals surface area contributed by atoms with Crippen molar-refractivity contribution in [1.29, 1.82) is 0 Å². The number of nitrogens with one attached hydrogen (secondary N) is 1. The van der Waals surface area contributed by atoms with E-state index in [0.717, 1.165) is 34.7 Å². The van der Waals surface area contributed by atoms with Crippen LogP contribution in [0.25, 0.3) is 10.9 Å². The van der Waals surface area contributed by atoms with Gasteiger partial charge in [0.15, 0.2) is 0 Å². The number of H-pyrrole nitrogens is 1. The highest BCUT2D eigenvalue weighted by molar-refractivity contribution is 7.07. The van der Waals surface area contributed by atoms with Gasteiger partial charge in [0.1, 0.15) is 4.88 Å². The Morgan fingerprint density at radius 2 is 2.00 bits per heavy atom.